The third kappa shape index (κ3) is 6.32. The topological polar surface area (TPSA) is 118 Å². The van der Waals surface area contributed by atoms with Gasteiger partial charge in [-0.15, -0.1) is 0 Å². The molecule has 9 nitrogen and oxygen atoms in total. The first kappa shape index (κ1) is 18.3. The van der Waals surface area contributed by atoms with E-state index in [0.29, 0.717) is 6.08 Å². The highest BCUT2D eigenvalue weighted by atomic mass is 16.5. The Kier molecular flexibility index (Phi) is 8.04. The van der Waals surface area contributed by atoms with Gasteiger partial charge in [-0.25, -0.2) is 19.4 Å². The normalized spacial score (nSPS) is 11.4. The number of esters is 4. The summed E-state index contributed by atoms with van der Waals surface area (Å²) in [6, 6.07) is 0. The summed E-state index contributed by atoms with van der Waals surface area (Å²) in [5, 5.41) is 0. The predicted octanol–water partition coefficient (Wildman–Crippen LogP) is -0.607. The average Bonchev–Trinajstić information content (AvgIpc) is 2.50. The molecule has 0 N–H and O–H groups in total. The Balaban J connectivity index is 5.65. The van der Waals surface area contributed by atoms with Crippen LogP contribution in [0.2, 0.25) is 0 Å². The molecule has 0 bridgehead atoms. The summed E-state index contributed by atoms with van der Waals surface area (Å²) in [6.07, 6.45) is 0.171. The molecular weight excluding hydrogens is 286 g/mol. The van der Waals surface area contributed by atoms with Crippen molar-refractivity contribution in [1.82, 2.24) is 0 Å². The van der Waals surface area contributed by atoms with Crippen molar-refractivity contribution in [1.29, 1.82) is 0 Å². The molecule has 0 aromatic heterocycles. The molecule has 0 radical (unpaired) electrons. The fourth-order valence-corrected chi connectivity index (χ4v) is 1.04. The number of carbonyl (C=O) groups excluding carboxylic acids is 4. The fraction of sp³-hybridized carbons (Fsp3) is 0.417. The van der Waals surface area contributed by atoms with Crippen molar-refractivity contribution < 1.29 is 38.1 Å². The summed E-state index contributed by atoms with van der Waals surface area (Å²) in [7, 11) is 4.33. The van der Waals surface area contributed by atoms with Crippen LogP contribution in [0.4, 0.5) is 0 Å². The Morgan fingerprint density at radius 1 is 0.857 bits per heavy atom. The molecule has 0 rings (SSSR count). The zero-order valence-electron chi connectivity index (χ0n) is 12.0. The van der Waals surface area contributed by atoms with Gasteiger partial charge in [0.2, 0.25) is 0 Å². The molecule has 0 aliphatic heterocycles. The van der Waals surface area contributed by atoms with E-state index in [4.69, 9.17) is 0 Å². The highest BCUT2D eigenvalue weighted by Crippen LogP contribution is 2.05. The molecule has 0 heterocycles. The van der Waals surface area contributed by atoms with Crippen molar-refractivity contribution in [3.8, 4) is 0 Å². The van der Waals surface area contributed by atoms with Gasteiger partial charge < -0.3 is 18.9 Å². The van der Waals surface area contributed by atoms with Crippen molar-refractivity contribution in [3.63, 3.8) is 0 Å². The molecule has 21 heavy (non-hydrogen) atoms. The van der Waals surface area contributed by atoms with Gasteiger partial charge in [-0.3, -0.25) is 4.79 Å². The van der Waals surface area contributed by atoms with Gasteiger partial charge in [0.15, 0.2) is 5.70 Å². The number of hydrogen-bond acceptors (Lipinski definition) is 9. The van der Waals surface area contributed by atoms with Gasteiger partial charge in [0, 0.05) is 0 Å². The maximum absolute atomic E-state index is 11.5. The summed E-state index contributed by atoms with van der Waals surface area (Å²) in [4.78, 5) is 49.0. The highest BCUT2D eigenvalue weighted by Gasteiger charge is 2.20. The van der Waals surface area contributed by atoms with Gasteiger partial charge in [-0.2, -0.15) is 0 Å². The van der Waals surface area contributed by atoms with E-state index < -0.39 is 41.7 Å². The van der Waals surface area contributed by atoms with E-state index in [0.717, 1.165) is 28.4 Å². The van der Waals surface area contributed by atoms with E-state index in [9.17, 15) is 19.2 Å². The Morgan fingerprint density at radius 3 is 1.86 bits per heavy atom. The second-order valence-electron chi connectivity index (χ2n) is 3.35. The smallest absolute Gasteiger partial charge is 0.356 e. The Bertz CT molecular complexity index is 491. The summed E-state index contributed by atoms with van der Waals surface area (Å²) >= 11 is 0. The third-order valence-corrected chi connectivity index (χ3v) is 2.07. The number of rotatable bonds is 6. The van der Waals surface area contributed by atoms with Crippen LogP contribution in [0.25, 0.3) is 0 Å². The minimum Gasteiger partial charge on any atom is -0.469 e. The van der Waals surface area contributed by atoms with E-state index in [1.165, 1.54) is 0 Å². The molecule has 0 atom stereocenters. The molecule has 0 amide bonds. The van der Waals surface area contributed by atoms with Crippen LogP contribution in [0, 0.1) is 0 Å². The molecule has 0 unspecified atom stereocenters. The van der Waals surface area contributed by atoms with Crippen LogP contribution in [0.3, 0.4) is 0 Å². The number of hydrogen-bond donors (Lipinski definition) is 0. The van der Waals surface area contributed by atoms with Crippen LogP contribution in [0.5, 0.6) is 0 Å². The Labute approximate surface area is 120 Å². The quantitative estimate of drug-likeness (QED) is 0.276. The molecule has 0 aliphatic rings. The average molecular weight is 301 g/mol. The van der Waals surface area contributed by atoms with E-state index >= 15 is 0 Å². The number of aliphatic imine (C=N–C) groups is 1. The van der Waals surface area contributed by atoms with Crippen molar-refractivity contribution in [3.05, 3.63) is 11.8 Å². The largest absolute Gasteiger partial charge is 0.469 e. The van der Waals surface area contributed by atoms with Crippen LogP contribution >= 0.6 is 0 Å². The minimum absolute atomic E-state index is 0.426. The first-order chi connectivity index (χ1) is 9.89. The maximum Gasteiger partial charge on any atom is 0.356 e. The molecular formula is C12H15NO8. The third-order valence-electron chi connectivity index (χ3n) is 2.07. The molecule has 0 spiro atoms. The fourth-order valence-electron chi connectivity index (χ4n) is 1.04. The van der Waals surface area contributed by atoms with E-state index in [1.54, 1.807) is 0 Å². The number of methoxy groups -OCH3 is 4. The van der Waals surface area contributed by atoms with Gasteiger partial charge in [0.05, 0.1) is 40.9 Å². The van der Waals surface area contributed by atoms with Crippen LogP contribution in [-0.2, 0) is 38.1 Å². The molecule has 9 heteroatoms. The number of carbonyl (C=O) groups is 4. The van der Waals surface area contributed by atoms with Crippen molar-refractivity contribution in [2.75, 3.05) is 28.4 Å². The number of ether oxygens (including phenoxy) is 4. The lowest BCUT2D eigenvalue weighted by molar-refractivity contribution is -0.141. The molecule has 0 aromatic carbocycles. The summed E-state index contributed by atoms with van der Waals surface area (Å²) in [5.41, 5.74) is -0.946. The zero-order chi connectivity index (χ0) is 16.4. The minimum atomic E-state index is -0.994. The second kappa shape index (κ2) is 9.23. The summed E-state index contributed by atoms with van der Waals surface area (Å²) in [6.45, 7) is 0. The molecule has 0 saturated heterocycles. The van der Waals surface area contributed by atoms with Gasteiger partial charge in [0.25, 0.3) is 0 Å². The first-order valence-electron chi connectivity index (χ1n) is 5.50. The summed E-state index contributed by atoms with van der Waals surface area (Å²) < 4.78 is 17.6. The SMILES string of the molecule is COC(=O)/C=C(/N=C(CC(=O)OC)C(=O)OC)C(=O)OC. The summed E-state index contributed by atoms with van der Waals surface area (Å²) in [5.74, 6) is -3.62. The molecule has 116 valence electrons. The van der Waals surface area contributed by atoms with Gasteiger partial charge >= 0.3 is 23.9 Å². The van der Waals surface area contributed by atoms with Crippen molar-refractivity contribution >= 4 is 29.6 Å². The first-order valence-corrected chi connectivity index (χ1v) is 5.50. The van der Waals surface area contributed by atoms with Gasteiger partial charge in [-0.05, 0) is 0 Å². The van der Waals surface area contributed by atoms with Gasteiger partial charge in [0.1, 0.15) is 5.71 Å². The molecule has 0 saturated carbocycles. The van der Waals surface area contributed by atoms with Crippen molar-refractivity contribution in [2.45, 2.75) is 6.42 Å². The predicted molar refractivity (Wildman–Crippen MR) is 68.2 cm³/mol. The van der Waals surface area contributed by atoms with Crippen LogP contribution in [-0.4, -0.2) is 58.0 Å². The highest BCUT2D eigenvalue weighted by molar-refractivity contribution is 6.40. The molecule has 0 aliphatic carbocycles. The van der Waals surface area contributed by atoms with Crippen LogP contribution in [0.15, 0.2) is 16.8 Å². The molecule has 0 aromatic rings. The lowest BCUT2D eigenvalue weighted by atomic mass is 10.2. The van der Waals surface area contributed by atoms with Crippen molar-refractivity contribution in [2.24, 2.45) is 4.99 Å². The zero-order valence-corrected chi connectivity index (χ0v) is 12.0. The lowest BCUT2D eigenvalue weighted by Crippen LogP contribution is -2.22. The van der Waals surface area contributed by atoms with Crippen LogP contribution < -0.4 is 0 Å². The standard InChI is InChI=1S/C12H15NO8/c1-18-9(14)5-7(11(16)20-3)13-8(12(17)21-4)6-10(15)19-2/h5H,6H2,1-4H3/b7-5+,13-8?. The lowest BCUT2D eigenvalue weighted by Gasteiger charge is -2.05. The van der Waals surface area contributed by atoms with E-state index in [1.807, 2.05) is 0 Å². The Hall–Kier alpha value is -2.71. The van der Waals surface area contributed by atoms with E-state index in [2.05, 4.69) is 23.9 Å². The monoisotopic (exact) mass is 301 g/mol. The van der Waals surface area contributed by atoms with Crippen LogP contribution in [0.1, 0.15) is 6.42 Å². The maximum atomic E-state index is 11.5. The molecule has 0 fully saturated rings. The van der Waals surface area contributed by atoms with Gasteiger partial charge in [-0.1, -0.05) is 0 Å². The second-order valence-corrected chi connectivity index (χ2v) is 3.35. The Morgan fingerprint density at radius 2 is 1.43 bits per heavy atom. The number of nitrogens with zero attached hydrogens (tertiary/aromatic N) is 1. The van der Waals surface area contributed by atoms with E-state index in [-0.39, 0.29) is 0 Å².